The summed E-state index contributed by atoms with van der Waals surface area (Å²) in [6.07, 6.45) is 1.53. The average Bonchev–Trinajstić information content (AvgIpc) is 2.83. The first-order valence-corrected chi connectivity index (χ1v) is 7.96. The Balaban J connectivity index is 1.93. The van der Waals surface area contributed by atoms with E-state index in [1.165, 1.54) is 17.0 Å². The molecule has 0 aliphatic carbocycles. The molecule has 2 heteroatoms. The molecule has 0 radical (unpaired) electrons. The Morgan fingerprint density at radius 1 is 0.944 bits per heavy atom. The highest BCUT2D eigenvalue weighted by molar-refractivity contribution is 7.66. The molecule has 1 aliphatic rings. The van der Waals surface area contributed by atoms with Crippen LogP contribution < -0.4 is 5.30 Å². The maximum Gasteiger partial charge on any atom is 0.106 e. The van der Waals surface area contributed by atoms with Crippen LogP contribution in [0.3, 0.4) is 0 Å². The summed E-state index contributed by atoms with van der Waals surface area (Å²) in [5.41, 5.74) is 1.32. The lowest BCUT2D eigenvalue weighted by Gasteiger charge is -2.19. The highest BCUT2D eigenvalue weighted by atomic mass is 31.1. The molecule has 0 aromatic heterocycles. The SMILES string of the molecule is C[C@H]1C[P@@](c2ccccc2)[C@@H](c2ccccc2)O1. The molecule has 0 unspecified atom stereocenters. The maximum absolute atomic E-state index is 6.14. The molecule has 2 aromatic carbocycles. The molecular weight excluding hydrogens is 239 g/mol. The van der Waals surface area contributed by atoms with Gasteiger partial charge in [0.2, 0.25) is 0 Å². The van der Waals surface area contributed by atoms with Crippen molar-refractivity contribution in [3.63, 3.8) is 0 Å². The third-order valence-corrected chi connectivity index (χ3v) is 6.13. The van der Waals surface area contributed by atoms with Gasteiger partial charge in [-0.15, -0.1) is 0 Å². The van der Waals surface area contributed by atoms with Crippen molar-refractivity contribution >= 4 is 13.2 Å². The molecule has 18 heavy (non-hydrogen) atoms. The van der Waals surface area contributed by atoms with Crippen molar-refractivity contribution in [3.05, 3.63) is 66.2 Å². The Kier molecular flexibility index (Phi) is 3.45. The second kappa shape index (κ2) is 5.22. The van der Waals surface area contributed by atoms with Crippen LogP contribution in [0.25, 0.3) is 0 Å². The highest BCUT2D eigenvalue weighted by Crippen LogP contribution is 2.56. The summed E-state index contributed by atoms with van der Waals surface area (Å²) in [5.74, 6) is 0.263. The van der Waals surface area contributed by atoms with E-state index in [-0.39, 0.29) is 13.8 Å². The molecule has 3 rings (SSSR count). The standard InChI is InChI=1S/C16H17OP/c1-13-12-18(15-10-6-3-7-11-15)16(17-13)14-8-4-2-5-9-14/h2-11,13,16H,12H2,1H3/t13-,16-,18-/m0/s1. The maximum atomic E-state index is 6.14. The second-order valence-electron chi connectivity index (χ2n) is 4.70. The van der Waals surface area contributed by atoms with Gasteiger partial charge in [-0.05, 0) is 25.7 Å². The van der Waals surface area contributed by atoms with Crippen LogP contribution in [-0.2, 0) is 4.74 Å². The van der Waals surface area contributed by atoms with E-state index in [0.29, 0.717) is 6.10 Å². The van der Waals surface area contributed by atoms with Gasteiger partial charge in [0.05, 0.1) is 6.10 Å². The molecule has 1 heterocycles. The predicted molar refractivity (Wildman–Crippen MR) is 77.6 cm³/mol. The van der Waals surface area contributed by atoms with Crippen LogP contribution in [0, 0.1) is 0 Å². The predicted octanol–water partition coefficient (Wildman–Crippen LogP) is 3.91. The van der Waals surface area contributed by atoms with Gasteiger partial charge in [-0.3, -0.25) is 0 Å². The molecule has 1 nitrogen and oxygen atoms in total. The summed E-state index contributed by atoms with van der Waals surface area (Å²) in [5, 5.41) is 1.45. The molecule has 2 aromatic rings. The van der Waals surface area contributed by atoms with Crippen LogP contribution >= 0.6 is 7.92 Å². The van der Waals surface area contributed by atoms with E-state index in [9.17, 15) is 0 Å². The molecule has 0 bridgehead atoms. The summed E-state index contributed by atoms with van der Waals surface area (Å²) < 4.78 is 6.14. The van der Waals surface area contributed by atoms with Gasteiger partial charge in [-0.1, -0.05) is 60.7 Å². The molecular formula is C16H17OP. The van der Waals surface area contributed by atoms with Gasteiger partial charge in [0.15, 0.2) is 0 Å². The number of hydrogen-bond donors (Lipinski definition) is 0. The van der Waals surface area contributed by atoms with Gasteiger partial charge in [0.25, 0.3) is 0 Å². The van der Waals surface area contributed by atoms with Gasteiger partial charge in [-0.25, -0.2) is 0 Å². The van der Waals surface area contributed by atoms with E-state index >= 15 is 0 Å². The van der Waals surface area contributed by atoms with Crippen molar-refractivity contribution in [1.82, 2.24) is 0 Å². The van der Waals surface area contributed by atoms with E-state index < -0.39 is 0 Å². The Bertz CT molecular complexity index is 450. The first-order chi connectivity index (χ1) is 8.84. The largest absolute Gasteiger partial charge is 0.365 e. The summed E-state index contributed by atoms with van der Waals surface area (Å²) in [6, 6.07) is 21.4. The van der Waals surface area contributed by atoms with Crippen molar-refractivity contribution < 1.29 is 4.74 Å². The molecule has 0 saturated carbocycles. The zero-order valence-corrected chi connectivity index (χ0v) is 11.4. The average molecular weight is 256 g/mol. The topological polar surface area (TPSA) is 9.23 Å². The minimum absolute atomic E-state index is 0.242. The lowest BCUT2D eigenvalue weighted by atomic mass is 10.2. The molecule has 1 fully saturated rings. The molecule has 92 valence electrons. The van der Waals surface area contributed by atoms with Crippen LogP contribution in [0.1, 0.15) is 18.3 Å². The summed E-state index contributed by atoms with van der Waals surface area (Å²) in [7, 11) is -0.242. The molecule has 0 N–H and O–H groups in total. The smallest absolute Gasteiger partial charge is 0.106 e. The summed E-state index contributed by atoms with van der Waals surface area (Å²) in [6.45, 7) is 2.18. The quantitative estimate of drug-likeness (QED) is 0.740. The monoisotopic (exact) mass is 256 g/mol. The van der Waals surface area contributed by atoms with Crippen molar-refractivity contribution in [3.8, 4) is 0 Å². The third-order valence-electron chi connectivity index (χ3n) is 3.27. The lowest BCUT2D eigenvalue weighted by molar-refractivity contribution is 0.0778. The van der Waals surface area contributed by atoms with Crippen molar-refractivity contribution in [2.75, 3.05) is 6.16 Å². The highest BCUT2D eigenvalue weighted by Gasteiger charge is 2.34. The van der Waals surface area contributed by atoms with Crippen molar-refractivity contribution in [1.29, 1.82) is 0 Å². The molecule has 0 spiro atoms. The normalized spacial score (nSPS) is 27.3. The first kappa shape index (κ1) is 11.9. The van der Waals surface area contributed by atoms with Gasteiger partial charge in [0.1, 0.15) is 5.85 Å². The molecule has 1 aliphatic heterocycles. The van der Waals surface area contributed by atoms with E-state index in [1.807, 2.05) is 0 Å². The van der Waals surface area contributed by atoms with Gasteiger partial charge >= 0.3 is 0 Å². The van der Waals surface area contributed by atoms with Crippen LogP contribution in [0.2, 0.25) is 0 Å². The number of rotatable bonds is 2. The van der Waals surface area contributed by atoms with E-state index in [4.69, 9.17) is 4.74 Å². The van der Waals surface area contributed by atoms with Crippen LogP contribution in [0.15, 0.2) is 60.7 Å². The van der Waals surface area contributed by atoms with E-state index in [1.54, 1.807) is 0 Å². The van der Waals surface area contributed by atoms with Gasteiger partial charge in [0, 0.05) is 6.16 Å². The Labute approximate surface area is 110 Å². The molecule has 1 saturated heterocycles. The Morgan fingerprint density at radius 2 is 1.56 bits per heavy atom. The fraction of sp³-hybridized carbons (Fsp3) is 0.250. The second-order valence-corrected chi connectivity index (χ2v) is 6.99. The summed E-state index contributed by atoms with van der Waals surface area (Å²) >= 11 is 0. The van der Waals surface area contributed by atoms with Gasteiger partial charge in [-0.2, -0.15) is 0 Å². The fourth-order valence-electron chi connectivity index (χ4n) is 2.45. The van der Waals surface area contributed by atoms with Crippen LogP contribution in [0.5, 0.6) is 0 Å². The first-order valence-electron chi connectivity index (χ1n) is 6.37. The molecule has 0 amide bonds. The lowest BCUT2D eigenvalue weighted by Crippen LogP contribution is -2.05. The van der Waals surface area contributed by atoms with Gasteiger partial charge < -0.3 is 4.74 Å². The van der Waals surface area contributed by atoms with Crippen molar-refractivity contribution in [2.45, 2.75) is 18.9 Å². The zero-order chi connectivity index (χ0) is 12.4. The van der Waals surface area contributed by atoms with E-state index in [0.717, 1.165) is 0 Å². The number of benzene rings is 2. The Hall–Kier alpha value is -1.17. The minimum Gasteiger partial charge on any atom is -0.365 e. The van der Waals surface area contributed by atoms with Crippen LogP contribution in [0.4, 0.5) is 0 Å². The van der Waals surface area contributed by atoms with E-state index in [2.05, 4.69) is 67.6 Å². The fourth-order valence-corrected chi connectivity index (χ4v) is 5.20. The summed E-state index contributed by atoms with van der Waals surface area (Å²) in [4.78, 5) is 0. The van der Waals surface area contributed by atoms with Crippen LogP contribution in [-0.4, -0.2) is 12.3 Å². The van der Waals surface area contributed by atoms with Crippen molar-refractivity contribution in [2.24, 2.45) is 0 Å². The third kappa shape index (κ3) is 2.34. The number of hydrogen-bond acceptors (Lipinski definition) is 1. The zero-order valence-electron chi connectivity index (χ0n) is 10.5. The number of ether oxygens (including phenoxy) is 1. The minimum atomic E-state index is -0.242. The Morgan fingerprint density at radius 3 is 2.22 bits per heavy atom. The molecule has 3 atom stereocenters.